The number of benzene rings is 2. The molecule has 148 valence electrons. The first kappa shape index (κ1) is 20.1. The van der Waals surface area contributed by atoms with E-state index in [1.54, 1.807) is 11.0 Å². The first-order chi connectivity index (χ1) is 13.7. The highest BCUT2D eigenvalue weighted by molar-refractivity contribution is 5.74. The molecule has 1 aliphatic rings. The summed E-state index contributed by atoms with van der Waals surface area (Å²) in [7, 11) is 0. The molecular formula is C23H29N3O2. The van der Waals surface area contributed by atoms with Gasteiger partial charge in [0.1, 0.15) is 0 Å². The zero-order valence-corrected chi connectivity index (χ0v) is 16.3. The second-order valence-electron chi connectivity index (χ2n) is 7.02. The molecule has 1 fully saturated rings. The Kier molecular flexibility index (Phi) is 7.64. The van der Waals surface area contributed by atoms with Gasteiger partial charge >= 0.3 is 6.03 Å². The second kappa shape index (κ2) is 10.6. The third-order valence-electron chi connectivity index (χ3n) is 4.83. The van der Waals surface area contributed by atoms with Crippen LogP contribution in [-0.4, -0.2) is 48.7 Å². The molecule has 1 saturated heterocycles. The Labute approximate surface area is 167 Å². The van der Waals surface area contributed by atoms with E-state index in [1.807, 2.05) is 30.3 Å². The van der Waals surface area contributed by atoms with Crippen molar-refractivity contribution in [3.05, 3.63) is 83.9 Å². The standard InChI is InChI=1S/C23H29N3O2/c1-2-12-26(19-21-6-4-3-5-7-21)23(27)24-17-20-8-10-22(11-9-20)18-25-13-15-28-16-14-25/h2-11H,1,12-19H2,(H,24,27). The molecule has 5 heteroatoms. The summed E-state index contributed by atoms with van der Waals surface area (Å²) in [5.41, 5.74) is 3.48. The van der Waals surface area contributed by atoms with Crippen molar-refractivity contribution < 1.29 is 9.53 Å². The predicted molar refractivity (Wildman–Crippen MR) is 112 cm³/mol. The van der Waals surface area contributed by atoms with Crippen LogP contribution in [0.15, 0.2) is 67.3 Å². The van der Waals surface area contributed by atoms with Crippen LogP contribution in [0.4, 0.5) is 4.79 Å². The molecule has 1 aliphatic heterocycles. The second-order valence-corrected chi connectivity index (χ2v) is 7.02. The largest absolute Gasteiger partial charge is 0.379 e. The molecule has 0 saturated carbocycles. The van der Waals surface area contributed by atoms with E-state index in [4.69, 9.17) is 4.74 Å². The number of amides is 2. The minimum Gasteiger partial charge on any atom is -0.379 e. The van der Waals surface area contributed by atoms with Crippen LogP contribution in [0.3, 0.4) is 0 Å². The maximum atomic E-state index is 12.6. The molecule has 1 N–H and O–H groups in total. The highest BCUT2D eigenvalue weighted by atomic mass is 16.5. The number of carbonyl (C=O) groups excluding carboxylic acids is 1. The highest BCUT2D eigenvalue weighted by Gasteiger charge is 2.13. The lowest BCUT2D eigenvalue weighted by atomic mass is 10.1. The van der Waals surface area contributed by atoms with Crippen LogP contribution in [0.2, 0.25) is 0 Å². The van der Waals surface area contributed by atoms with E-state index in [2.05, 4.69) is 41.1 Å². The van der Waals surface area contributed by atoms with Gasteiger partial charge in [-0.05, 0) is 16.7 Å². The molecule has 0 aliphatic carbocycles. The summed E-state index contributed by atoms with van der Waals surface area (Å²) < 4.78 is 5.39. The highest BCUT2D eigenvalue weighted by Crippen LogP contribution is 2.10. The number of nitrogens with one attached hydrogen (secondary N) is 1. The Balaban J connectivity index is 1.50. The number of carbonyl (C=O) groups is 1. The molecule has 0 radical (unpaired) electrons. The van der Waals surface area contributed by atoms with Crippen molar-refractivity contribution in [1.82, 2.24) is 15.1 Å². The van der Waals surface area contributed by atoms with Crippen LogP contribution in [-0.2, 0) is 24.4 Å². The number of hydrogen-bond donors (Lipinski definition) is 1. The van der Waals surface area contributed by atoms with E-state index < -0.39 is 0 Å². The van der Waals surface area contributed by atoms with E-state index in [1.165, 1.54) is 5.56 Å². The van der Waals surface area contributed by atoms with Crippen LogP contribution in [0.1, 0.15) is 16.7 Å². The summed E-state index contributed by atoms with van der Waals surface area (Å²) >= 11 is 0. The minimum atomic E-state index is -0.0823. The molecule has 3 rings (SSSR count). The molecule has 0 bridgehead atoms. The lowest BCUT2D eigenvalue weighted by Gasteiger charge is -2.26. The van der Waals surface area contributed by atoms with Crippen LogP contribution in [0.5, 0.6) is 0 Å². The van der Waals surface area contributed by atoms with E-state index >= 15 is 0 Å². The molecular weight excluding hydrogens is 350 g/mol. The quantitative estimate of drug-likeness (QED) is 0.715. The van der Waals surface area contributed by atoms with Crippen molar-refractivity contribution in [3.8, 4) is 0 Å². The SMILES string of the molecule is C=CCN(Cc1ccccc1)C(=O)NCc1ccc(CN2CCOCC2)cc1. The Morgan fingerprint density at radius 1 is 1.04 bits per heavy atom. The van der Waals surface area contributed by atoms with Crippen molar-refractivity contribution in [2.24, 2.45) is 0 Å². The topological polar surface area (TPSA) is 44.8 Å². The fraction of sp³-hybridized carbons (Fsp3) is 0.348. The third kappa shape index (κ3) is 6.22. The average Bonchev–Trinajstić information content (AvgIpc) is 2.74. The number of urea groups is 1. The number of morpholine rings is 1. The van der Waals surface area contributed by atoms with Crippen molar-refractivity contribution >= 4 is 6.03 Å². The number of nitrogens with zero attached hydrogens (tertiary/aromatic N) is 2. The molecule has 2 aromatic rings. The van der Waals surface area contributed by atoms with Gasteiger partial charge in [0.15, 0.2) is 0 Å². The van der Waals surface area contributed by atoms with Crippen LogP contribution in [0.25, 0.3) is 0 Å². The zero-order chi connectivity index (χ0) is 19.6. The fourth-order valence-electron chi connectivity index (χ4n) is 3.25. The molecule has 5 nitrogen and oxygen atoms in total. The molecule has 28 heavy (non-hydrogen) atoms. The zero-order valence-electron chi connectivity index (χ0n) is 16.3. The minimum absolute atomic E-state index is 0.0823. The fourth-order valence-corrected chi connectivity index (χ4v) is 3.25. The monoisotopic (exact) mass is 379 g/mol. The summed E-state index contributed by atoms with van der Waals surface area (Å²) in [4.78, 5) is 16.7. The maximum Gasteiger partial charge on any atom is 0.318 e. The molecule has 2 aromatic carbocycles. The van der Waals surface area contributed by atoms with Gasteiger partial charge in [-0.25, -0.2) is 4.79 Å². The van der Waals surface area contributed by atoms with E-state index in [0.717, 1.165) is 44.0 Å². The molecule has 0 spiro atoms. The number of ether oxygens (including phenoxy) is 1. The lowest BCUT2D eigenvalue weighted by molar-refractivity contribution is 0.0342. The molecule has 2 amide bonds. The number of hydrogen-bond acceptors (Lipinski definition) is 3. The van der Waals surface area contributed by atoms with Crippen molar-refractivity contribution in [2.75, 3.05) is 32.8 Å². The molecule has 0 atom stereocenters. The Morgan fingerprint density at radius 2 is 1.71 bits per heavy atom. The lowest BCUT2D eigenvalue weighted by Crippen LogP contribution is -2.39. The molecule has 0 aromatic heterocycles. The van der Waals surface area contributed by atoms with Gasteiger partial charge in [0.25, 0.3) is 0 Å². The predicted octanol–water partition coefficient (Wildman–Crippen LogP) is 3.42. The summed E-state index contributed by atoms with van der Waals surface area (Å²) in [6.07, 6.45) is 1.75. The summed E-state index contributed by atoms with van der Waals surface area (Å²) in [5, 5.41) is 3.02. The van der Waals surface area contributed by atoms with Gasteiger partial charge in [0.2, 0.25) is 0 Å². The van der Waals surface area contributed by atoms with Gasteiger partial charge in [0, 0.05) is 39.3 Å². The van der Waals surface area contributed by atoms with E-state index in [0.29, 0.717) is 19.6 Å². The molecule has 1 heterocycles. The Hall–Kier alpha value is -2.63. The van der Waals surface area contributed by atoms with E-state index in [-0.39, 0.29) is 6.03 Å². The number of rotatable bonds is 8. The Bertz CT molecular complexity index is 740. The van der Waals surface area contributed by atoms with Crippen LogP contribution < -0.4 is 5.32 Å². The van der Waals surface area contributed by atoms with Gasteiger partial charge in [-0.1, -0.05) is 60.7 Å². The van der Waals surface area contributed by atoms with Gasteiger partial charge in [-0.2, -0.15) is 0 Å². The normalized spacial score (nSPS) is 14.4. The summed E-state index contributed by atoms with van der Waals surface area (Å²) in [6, 6.07) is 18.4. The van der Waals surface area contributed by atoms with Gasteiger partial charge in [-0.15, -0.1) is 6.58 Å². The van der Waals surface area contributed by atoms with Crippen molar-refractivity contribution in [1.29, 1.82) is 0 Å². The average molecular weight is 380 g/mol. The molecule has 0 unspecified atom stereocenters. The smallest absolute Gasteiger partial charge is 0.318 e. The van der Waals surface area contributed by atoms with Gasteiger partial charge < -0.3 is 15.0 Å². The van der Waals surface area contributed by atoms with Gasteiger partial charge in [-0.3, -0.25) is 4.90 Å². The first-order valence-electron chi connectivity index (χ1n) is 9.80. The first-order valence-corrected chi connectivity index (χ1v) is 9.80. The van der Waals surface area contributed by atoms with Crippen molar-refractivity contribution in [2.45, 2.75) is 19.6 Å². The summed E-state index contributed by atoms with van der Waals surface area (Å²) in [6.45, 7) is 9.90. The summed E-state index contributed by atoms with van der Waals surface area (Å²) in [5.74, 6) is 0. The van der Waals surface area contributed by atoms with E-state index in [9.17, 15) is 4.79 Å². The van der Waals surface area contributed by atoms with Crippen LogP contribution in [0, 0.1) is 0 Å². The van der Waals surface area contributed by atoms with Crippen molar-refractivity contribution in [3.63, 3.8) is 0 Å². The van der Waals surface area contributed by atoms with Gasteiger partial charge in [0.05, 0.1) is 13.2 Å². The van der Waals surface area contributed by atoms with Crippen LogP contribution >= 0.6 is 0 Å². The third-order valence-corrected chi connectivity index (χ3v) is 4.83. The Morgan fingerprint density at radius 3 is 2.39 bits per heavy atom. The maximum absolute atomic E-state index is 12.6.